The number of benzene rings is 3. The van der Waals surface area contributed by atoms with Crippen LogP contribution in [0, 0.1) is 17.5 Å². The summed E-state index contributed by atoms with van der Waals surface area (Å²) in [7, 11) is 1.38. The first-order valence-corrected chi connectivity index (χ1v) is 10.2. The molecule has 0 saturated carbocycles. The van der Waals surface area contributed by atoms with E-state index in [1.54, 1.807) is 24.3 Å². The van der Waals surface area contributed by atoms with Crippen LogP contribution in [0.2, 0.25) is 0 Å². The minimum atomic E-state index is -5.18. The average Bonchev–Trinajstić information content (AvgIpc) is 3.31. The summed E-state index contributed by atoms with van der Waals surface area (Å²) < 4.78 is 83.6. The fourth-order valence-electron chi connectivity index (χ4n) is 3.78. The molecular formula is C24H17F6N3O3. The number of carbonyl (C=O) groups excluding carboxylic acids is 1. The Morgan fingerprint density at radius 1 is 1.03 bits per heavy atom. The normalized spacial score (nSPS) is 17.8. The summed E-state index contributed by atoms with van der Waals surface area (Å²) in [5.41, 5.74) is 0.534. The molecule has 0 fully saturated rings. The van der Waals surface area contributed by atoms with Crippen molar-refractivity contribution < 1.29 is 40.8 Å². The summed E-state index contributed by atoms with van der Waals surface area (Å²) in [5.74, 6) is -6.00. The Labute approximate surface area is 200 Å². The van der Waals surface area contributed by atoms with Crippen LogP contribution in [0.1, 0.15) is 21.5 Å². The number of fused-ring (bicyclic) bond motifs is 1. The SMILES string of the molecule is CONC=CNC(=O)c1ccc(C2=CC(c3cc(F)c(F)c(F)c3)(C(F)(F)F)ON2)c2ccccc12. The van der Waals surface area contributed by atoms with Gasteiger partial charge in [0.1, 0.15) is 0 Å². The quantitative estimate of drug-likeness (QED) is 0.250. The smallest absolute Gasteiger partial charge is 0.327 e. The van der Waals surface area contributed by atoms with Gasteiger partial charge in [0.05, 0.1) is 12.8 Å². The Balaban J connectivity index is 1.81. The molecule has 0 aliphatic carbocycles. The van der Waals surface area contributed by atoms with Crippen LogP contribution in [0.15, 0.2) is 67.0 Å². The second-order valence-electron chi connectivity index (χ2n) is 7.58. The van der Waals surface area contributed by atoms with Gasteiger partial charge < -0.3 is 5.32 Å². The molecular weight excluding hydrogens is 492 g/mol. The van der Waals surface area contributed by atoms with E-state index in [-0.39, 0.29) is 29.0 Å². The van der Waals surface area contributed by atoms with Gasteiger partial charge in [0.25, 0.3) is 5.91 Å². The standard InChI is InChI=1S/C24H17F6N3O3/c1-35-32-9-8-31-22(34)17-7-6-16(14-4-2-3-5-15(14)17)20-12-23(36-33-20,24(28,29)30)13-10-18(25)21(27)19(26)11-13/h2-12,32-33H,1H3,(H,31,34). The molecule has 1 heterocycles. The number of alkyl halides is 3. The lowest BCUT2D eigenvalue weighted by Crippen LogP contribution is -2.42. The van der Waals surface area contributed by atoms with E-state index in [1.165, 1.54) is 31.6 Å². The molecule has 1 unspecified atom stereocenters. The van der Waals surface area contributed by atoms with Gasteiger partial charge in [0.15, 0.2) is 17.5 Å². The van der Waals surface area contributed by atoms with Gasteiger partial charge in [-0.05, 0) is 35.0 Å². The lowest BCUT2D eigenvalue weighted by atomic mass is 9.90. The van der Waals surface area contributed by atoms with Crippen LogP contribution in [-0.4, -0.2) is 19.2 Å². The van der Waals surface area contributed by atoms with Crippen molar-refractivity contribution in [2.75, 3.05) is 7.11 Å². The van der Waals surface area contributed by atoms with Crippen LogP contribution in [0.3, 0.4) is 0 Å². The summed E-state index contributed by atoms with van der Waals surface area (Å²) >= 11 is 0. The Bertz CT molecular complexity index is 1370. The fraction of sp³-hybridized carbons (Fsp3) is 0.125. The van der Waals surface area contributed by atoms with E-state index < -0.39 is 40.7 Å². The molecule has 12 heteroatoms. The fourth-order valence-corrected chi connectivity index (χ4v) is 3.78. The number of rotatable bonds is 6. The monoisotopic (exact) mass is 509 g/mol. The first kappa shape index (κ1) is 25.1. The molecule has 0 saturated heterocycles. The van der Waals surface area contributed by atoms with Crippen LogP contribution in [0.4, 0.5) is 26.3 Å². The first-order chi connectivity index (χ1) is 17.1. The van der Waals surface area contributed by atoms with Crippen molar-refractivity contribution in [2.45, 2.75) is 11.8 Å². The molecule has 3 N–H and O–H groups in total. The highest BCUT2D eigenvalue weighted by Crippen LogP contribution is 2.48. The molecule has 6 nitrogen and oxygen atoms in total. The van der Waals surface area contributed by atoms with Crippen LogP contribution in [0.5, 0.6) is 0 Å². The Hall–Kier alpha value is -4.03. The molecule has 1 aliphatic rings. The Morgan fingerprint density at radius 3 is 2.33 bits per heavy atom. The number of nitrogens with one attached hydrogen (secondary N) is 3. The third-order valence-corrected chi connectivity index (χ3v) is 5.45. The van der Waals surface area contributed by atoms with Crippen LogP contribution in [0.25, 0.3) is 16.5 Å². The summed E-state index contributed by atoms with van der Waals surface area (Å²) in [6, 6.07) is 9.69. The Morgan fingerprint density at radius 2 is 1.69 bits per heavy atom. The Kier molecular flexibility index (Phi) is 6.65. The predicted molar refractivity (Wildman–Crippen MR) is 117 cm³/mol. The van der Waals surface area contributed by atoms with Crippen LogP contribution < -0.4 is 16.3 Å². The van der Waals surface area contributed by atoms with Gasteiger partial charge in [-0.3, -0.25) is 25.4 Å². The molecule has 3 aromatic rings. The van der Waals surface area contributed by atoms with E-state index in [0.717, 1.165) is 0 Å². The molecule has 0 aromatic heterocycles. The summed E-state index contributed by atoms with van der Waals surface area (Å²) in [5, 5.41) is 3.32. The highest BCUT2D eigenvalue weighted by Gasteiger charge is 2.60. The van der Waals surface area contributed by atoms with Gasteiger partial charge in [0.2, 0.25) is 5.60 Å². The predicted octanol–water partition coefficient (Wildman–Crippen LogP) is 4.94. The summed E-state index contributed by atoms with van der Waals surface area (Å²) in [6.07, 6.45) is -1.95. The largest absolute Gasteiger partial charge is 0.428 e. The second kappa shape index (κ2) is 9.55. The zero-order valence-electron chi connectivity index (χ0n) is 18.3. The van der Waals surface area contributed by atoms with Crippen LogP contribution in [-0.2, 0) is 15.3 Å². The van der Waals surface area contributed by atoms with Crippen molar-refractivity contribution in [3.63, 3.8) is 0 Å². The van der Waals surface area contributed by atoms with Crippen molar-refractivity contribution >= 4 is 22.4 Å². The number of hydrogen-bond donors (Lipinski definition) is 3. The molecule has 1 amide bonds. The minimum Gasteiger partial charge on any atom is -0.327 e. The summed E-state index contributed by atoms with van der Waals surface area (Å²) in [6.45, 7) is 0. The third-order valence-electron chi connectivity index (χ3n) is 5.45. The van der Waals surface area contributed by atoms with Crippen molar-refractivity contribution in [3.05, 3.63) is 101 Å². The van der Waals surface area contributed by atoms with E-state index in [4.69, 9.17) is 4.84 Å². The van der Waals surface area contributed by atoms with Gasteiger partial charge in [-0.15, -0.1) is 0 Å². The molecule has 188 valence electrons. The molecule has 36 heavy (non-hydrogen) atoms. The lowest BCUT2D eigenvalue weighted by Gasteiger charge is -2.28. The average molecular weight is 509 g/mol. The number of amides is 1. The lowest BCUT2D eigenvalue weighted by molar-refractivity contribution is -0.269. The highest BCUT2D eigenvalue weighted by molar-refractivity contribution is 6.10. The van der Waals surface area contributed by atoms with Gasteiger partial charge in [-0.25, -0.2) is 13.2 Å². The molecule has 0 spiro atoms. The van der Waals surface area contributed by atoms with E-state index in [9.17, 15) is 31.1 Å². The maximum Gasteiger partial charge on any atom is 0.428 e. The van der Waals surface area contributed by atoms with Crippen LogP contribution >= 0.6 is 0 Å². The maximum absolute atomic E-state index is 14.2. The third kappa shape index (κ3) is 4.36. The van der Waals surface area contributed by atoms with Gasteiger partial charge in [-0.1, -0.05) is 30.3 Å². The number of carbonyl (C=O) groups is 1. The van der Waals surface area contributed by atoms with Crippen molar-refractivity contribution in [1.82, 2.24) is 16.3 Å². The molecule has 4 rings (SSSR count). The number of halogens is 6. The molecule has 0 bridgehead atoms. The van der Waals surface area contributed by atoms with Crippen molar-refractivity contribution in [2.24, 2.45) is 0 Å². The first-order valence-electron chi connectivity index (χ1n) is 10.2. The van der Waals surface area contributed by atoms with E-state index >= 15 is 0 Å². The molecule has 0 radical (unpaired) electrons. The topological polar surface area (TPSA) is 71.6 Å². The van der Waals surface area contributed by atoms with Gasteiger partial charge in [-0.2, -0.15) is 13.2 Å². The number of hydrogen-bond acceptors (Lipinski definition) is 5. The van der Waals surface area contributed by atoms with Crippen molar-refractivity contribution in [3.8, 4) is 0 Å². The zero-order valence-corrected chi connectivity index (χ0v) is 18.3. The molecule has 1 atom stereocenters. The number of hydroxylamine groups is 2. The van der Waals surface area contributed by atoms with E-state index in [1.807, 2.05) is 0 Å². The second-order valence-corrected chi connectivity index (χ2v) is 7.58. The minimum absolute atomic E-state index is 0.176. The van der Waals surface area contributed by atoms with Gasteiger partial charge in [0, 0.05) is 29.1 Å². The molecule has 1 aliphatic heterocycles. The highest BCUT2D eigenvalue weighted by atomic mass is 19.4. The van der Waals surface area contributed by atoms with E-state index in [0.29, 0.717) is 16.8 Å². The molecule has 3 aromatic carbocycles. The summed E-state index contributed by atoms with van der Waals surface area (Å²) in [4.78, 5) is 22.1. The van der Waals surface area contributed by atoms with Crippen molar-refractivity contribution in [1.29, 1.82) is 0 Å². The maximum atomic E-state index is 14.2. The zero-order chi connectivity index (χ0) is 26.1. The van der Waals surface area contributed by atoms with E-state index in [2.05, 4.69) is 21.1 Å². The van der Waals surface area contributed by atoms with Gasteiger partial charge >= 0.3 is 6.18 Å².